The van der Waals surface area contributed by atoms with Crippen molar-refractivity contribution in [3.63, 3.8) is 0 Å². The molecule has 2 unspecified atom stereocenters. The lowest BCUT2D eigenvalue weighted by atomic mass is 9.90. The molecule has 1 aliphatic rings. The van der Waals surface area contributed by atoms with Gasteiger partial charge in [0.05, 0.1) is 7.05 Å². The molecule has 1 fully saturated rings. The molecule has 0 radical (unpaired) electrons. The van der Waals surface area contributed by atoms with Gasteiger partial charge in [0.2, 0.25) is 5.82 Å². The molecule has 1 aromatic rings. The minimum atomic E-state index is -0.830. The fourth-order valence-corrected chi connectivity index (χ4v) is 1.61. The summed E-state index contributed by atoms with van der Waals surface area (Å²) in [6, 6.07) is 0. The molecule has 14 heavy (non-hydrogen) atoms. The van der Waals surface area contributed by atoms with Crippen LogP contribution in [0.25, 0.3) is 0 Å². The van der Waals surface area contributed by atoms with Crippen LogP contribution in [-0.2, 0) is 7.05 Å². The van der Waals surface area contributed by atoms with Crippen molar-refractivity contribution < 1.29 is 5.11 Å². The van der Waals surface area contributed by atoms with Crippen molar-refractivity contribution in [3.05, 3.63) is 5.82 Å². The summed E-state index contributed by atoms with van der Waals surface area (Å²) in [7, 11) is 1.66. The number of tetrazole rings is 1. The van der Waals surface area contributed by atoms with E-state index in [1.165, 1.54) is 4.80 Å². The first-order chi connectivity index (χ1) is 6.51. The number of rotatable bonds is 3. The third-order valence-electron chi connectivity index (χ3n) is 2.81. The lowest BCUT2D eigenvalue weighted by molar-refractivity contribution is 0.0727. The van der Waals surface area contributed by atoms with E-state index in [2.05, 4.69) is 15.4 Å². The van der Waals surface area contributed by atoms with E-state index in [0.717, 1.165) is 12.8 Å². The Kier molecular flexibility index (Phi) is 2.04. The molecule has 0 aromatic carbocycles. The summed E-state index contributed by atoms with van der Waals surface area (Å²) in [4.78, 5) is 1.32. The summed E-state index contributed by atoms with van der Waals surface area (Å²) in [5.41, 5.74) is 5.40. The molecule has 2 rings (SSSR count). The van der Waals surface area contributed by atoms with Crippen molar-refractivity contribution in [1.29, 1.82) is 0 Å². The van der Waals surface area contributed by atoms with Crippen molar-refractivity contribution in [2.45, 2.75) is 31.4 Å². The quantitative estimate of drug-likeness (QED) is 0.673. The van der Waals surface area contributed by atoms with E-state index < -0.39 is 11.6 Å². The van der Waals surface area contributed by atoms with Gasteiger partial charge >= 0.3 is 0 Å². The van der Waals surface area contributed by atoms with Crippen LogP contribution in [0, 0.1) is 5.92 Å². The zero-order valence-electron chi connectivity index (χ0n) is 8.38. The predicted octanol–water partition coefficient (Wildman–Crippen LogP) is -0.629. The van der Waals surface area contributed by atoms with Crippen LogP contribution >= 0.6 is 0 Å². The van der Waals surface area contributed by atoms with Crippen LogP contribution in [-0.4, -0.2) is 30.9 Å². The van der Waals surface area contributed by atoms with Gasteiger partial charge in [-0.3, -0.25) is 0 Å². The number of hydrogen-bond acceptors (Lipinski definition) is 5. The molecule has 2 atom stereocenters. The normalized spacial score (nSPS) is 23.1. The number of nitrogens with zero attached hydrogens (tertiary/aromatic N) is 4. The van der Waals surface area contributed by atoms with Crippen LogP contribution in [0.2, 0.25) is 0 Å². The summed E-state index contributed by atoms with van der Waals surface area (Å²) in [5, 5.41) is 21.4. The largest absolute Gasteiger partial charge is 0.383 e. The fraction of sp³-hybridized carbons (Fsp3) is 0.875. The second-order valence-electron chi connectivity index (χ2n) is 4.18. The van der Waals surface area contributed by atoms with Crippen LogP contribution in [0.4, 0.5) is 0 Å². The Morgan fingerprint density at radius 2 is 2.29 bits per heavy atom. The second-order valence-corrected chi connectivity index (χ2v) is 4.18. The summed E-state index contributed by atoms with van der Waals surface area (Å²) in [6.07, 6.45) is 1.32. The topological polar surface area (TPSA) is 89.8 Å². The average molecular weight is 197 g/mol. The van der Waals surface area contributed by atoms with Gasteiger partial charge in [-0.05, 0) is 30.9 Å². The van der Waals surface area contributed by atoms with E-state index in [4.69, 9.17) is 5.73 Å². The van der Waals surface area contributed by atoms with Gasteiger partial charge in [-0.15, -0.1) is 10.2 Å². The molecule has 0 saturated heterocycles. The Morgan fingerprint density at radius 1 is 1.64 bits per heavy atom. The third kappa shape index (κ3) is 1.51. The van der Waals surface area contributed by atoms with Gasteiger partial charge in [0.15, 0.2) is 0 Å². The standard InChI is InChI=1S/C8H15N5O/c1-8(9,5-3-4-5)6(14)7-10-12-13(2)11-7/h5-6,14H,3-4,9H2,1-2H3. The third-order valence-corrected chi connectivity index (χ3v) is 2.81. The van der Waals surface area contributed by atoms with Crippen molar-refractivity contribution in [2.75, 3.05) is 0 Å². The molecule has 0 amide bonds. The number of aliphatic hydroxyl groups excluding tert-OH is 1. The monoisotopic (exact) mass is 197 g/mol. The van der Waals surface area contributed by atoms with E-state index in [9.17, 15) is 5.11 Å². The van der Waals surface area contributed by atoms with Gasteiger partial charge in [0.25, 0.3) is 0 Å². The van der Waals surface area contributed by atoms with Gasteiger partial charge in [-0.1, -0.05) is 0 Å². The molecule has 1 heterocycles. The maximum Gasteiger partial charge on any atom is 0.205 e. The van der Waals surface area contributed by atoms with Gasteiger partial charge in [0, 0.05) is 5.54 Å². The molecular weight excluding hydrogens is 182 g/mol. The van der Waals surface area contributed by atoms with Crippen molar-refractivity contribution in [1.82, 2.24) is 20.2 Å². The summed E-state index contributed by atoms with van der Waals surface area (Å²) >= 11 is 0. The second kappa shape index (κ2) is 2.99. The number of hydrogen-bond donors (Lipinski definition) is 2. The highest BCUT2D eigenvalue weighted by Crippen LogP contribution is 2.43. The number of aliphatic hydroxyl groups is 1. The zero-order chi connectivity index (χ0) is 10.3. The average Bonchev–Trinajstić information content (AvgIpc) is 2.89. The molecule has 78 valence electrons. The van der Waals surface area contributed by atoms with Crippen molar-refractivity contribution in [3.8, 4) is 0 Å². The number of nitrogens with two attached hydrogens (primary N) is 1. The molecule has 1 aromatic heterocycles. The van der Waals surface area contributed by atoms with Crippen molar-refractivity contribution >= 4 is 0 Å². The highest BCUT2D eigenvalue weighted by Gasteiger charge is 2.45. The van der Waals surface area contributed by atoms with E-state index in [0.29, 0.717) is 11.7 Å². The summed E-state index contributed by atoms with van der Waals surface area (Å²) in [6.45, 7) is 1.84. The van der Waals surface area contributed by atoms with Gasteiger partial charge in [-0.2, -0.15) is 4.80 Å². The first-order valence-corrected chi connectivity index (χ1v) is 4.72. The van der Waals surface area contributed by atoms with Gasteiger partial charge < -0.3 is 10.8 Å². The molecular formula is C8H15N5O. The molecule has 3 N–H and O–H groups in total. The fourth-order valence-electron chi connectivity index (χ4n) is 1.61. The molecule has 0 spiro atoms. The number of aryl methyl sites for hydroxylation is 1. The summed E-state index contributed by atoms with van der Waals surface area (Å²) < 4.78 is 0. The molecule has 1 saturated carbocycles. The first kappa shape index (κ1) is 9.54. The highest BCUT2D eigenvalue weighted by atomic mass is 16.3. The Balaban J connectivity index is 2.18. The Bertz CT molecular complexity index is 330. The molecule has 0 aliphatic heterocycles. The summed E-state index contributed by atoms with van der Waals surface area (Å²) in [5.74, 6) is 0.686. The van der Waals surface area contributed by atoms with Crippen LogP contribution in [0.1, 0.15) is 31.7 Å². The van der Waals surface area contributed by atoms with E-state index >= 15 is 0 Å². The minimum Gasteiger partial charge on any atom is -0.383 e. The zero-order valence-corrected chi connectivity index (χ0v) is 8.38. The lowest BCUT2D eigenvalue weighted by Gasteiger charge is -2.28. The molecule has 0 bridgehead atoms. The van der Waals surface area contributed by atoms with Crippen LogP contribution < -0.4 is 5.73 Å². The Hall–Kier alpha value is -1.01. The Morgan fingerprint density at radius 3 is 2.71 bits per heavy atom. The van der Waals surface area contributed by atoms with E-state index in [1.54, 1.807) is 7.05 Å². The minimum absolute atomic E-state index is 0.310. The van der Waals surface area contributed by atoms with Gasteiger partial charge in [-0.25, -0.2) is 0 Å². The SMILES string of the molecule is Cn1nnc(C(O)C(C)(N)C2CC2)n1. The van der Waals surface area contributed by atoms with Crippen LogP contribution in [0.5, 0.6) is 0 Å². The lowest BCUT2D eigenvalue weighted by Crippen LogP contribution is -2.45. The first-order valence-electron chi connectivity index (χ1n) is 4.72. The maximum atomic E-state index is 9.97. The van der Waals surface area contributed by atoms with Crippen molar-refractivity contribution in [2.24, 2.45) is 18.7 Å². The van der Waals surface area contributed by atoms with Crippen LogP contribution in [0.3, 0.4) is 0 Å². The molecule has 6 heteroatoms. The maximum absolute atomic E-state index is 9.97. The predicted molar refractivity (Wildman–Crippen MR) is 49.1 cm³/mol. The highest BCUT2D eigenvalue weighted by molar-refractivity contribution is 5.06. The smallest absolute Gasteiger partial charge is 0.205 e. The number of aromatic nitrogens is 4. The van der Waals surface area contributed by atoms with E-state index in [1.807, 2.05) is 6.92 Å². The van der Waals surface area contributed by atoms with Gasteiger partial charge in [0.1, 0.15) is 6.10 Å². The molecule has 1 aliphatic carbocycles. The Labute approximate surface area is 82.1 Å². The van der Waals surface area contributed by atoms with Crippen LogP contribution in [0.15, 0.2) is 0 Å². The van der Waals surface area contributed by atoms with E-state index in [-0.39, 0.29) is 0 Å². The molecule has 6 nitrogen and oxygen atoms in total.